The molecule has 1 N–H and O–H groups in total. The number of ether oxygens (including phenoxy) is 1. The minimum absolute atomic E-state index is 0.428. The summed E-state index contributed by atoms with van der Waals surface area (Å²) in [5.41, 5.74) is 0. The van der Waals surface area contributed by atoms with Crippen LogP contribution in [0.5, 0.6) is 0 Å². The Morgan fingerprint density at radius 3 is 2.59 bits per heavy atom. The standard InChI is InChI=1S/C13H25F2NO/c1-2-16-12(7-8-17-10-13(14)15)9-11-5-3-4-6-11/h11-13,16H,2-10H2,1H3. The summed E-state index contributed by atoms with van der Waals surface area (Å²) in [4.78, 5) is 0. The summed E-state index contributed by atoms with van der Waals surface area (Å²) >= 11 is 0. The van der Waals surface area contributed by atoms with Gasteiger partial charge in [0, 0.05) is 12.6 Å². The lowest BCUT2D eigenvalue weighted by molar-refractivity contribution is 0.0138. The SMILES string of the molecule is CCNC(CCOCC(F)F)CC1CCCC1. The minimum atomic E-state index is -2.34. The molecule has 102 valence electrons. The molecule has 4 heteroatoms. The number of nitrogens with one attached hydrogen (secondary N) is 1. The molecule has 0 bridgehead atoms. The molecule has 0 heterocycles. The third kappa shape index (κ3) is 6.94. The second-order valence-electron chi connectivity index (χ2n) is 4.90. The molecule has 0 spiro atoms. The fourth-order valence-corrected chi connectivity index (χ4v) is 2.64. The largest absolute Gasteiger partial charge is 0.375 e. The third-order valence-corrected chi connectivity index (χ3v) is 3.44. The van der Waals surface area contributed by atoms with Crippen molar-refractivity contribution in [3.05, 3.63) is 0 Å². The Hall–Kier alpha value is -0.220. The summed E-state index contributed by atoms with van der Waals surface area (Å²) in [5, 5.41) is 3.43. The molecular weight excluding hydrogens is 224 g/mol. The average Bonchev–Trinajstić information content (AvgIpc) is 2.77. The molecule has 0 aromatic heterocycles. The molecule has 17 heavy (non-hydrogen) atoms. The van der Waals surface area contributed by atoms with Crippen molar-refractivity contribution in [1.29, 1.82) is 0 Å². The van der Waals surface area contributed by atoms with Crippen LogP contribution in [0.15, 0.2) is 0 Å². The van der Waals surface area contributed by atoms with Crippen molar-refractivity contribution in [2.45, 2.75) is 57.9 Å². The zero-order valence-electron chi connectivity index (χ0n) is 10.8. The molecule has 0 radical (unpaired) electrons. The van der Waals surface area contributed by atoms with Gasteiger partial charge in [-0.15, -0.1) is 0 Å². The first-order valence-electron chi connectivity index (χ1n) is 6.81. The molecule has 1 atom stereocenters. The molecule has 0 amide bonds. The van der Waals surface area contributed by atoms with Gasteiger partial charge in [0.1, 0.15) is 6.61 Å². The van der Waals surface area contributed by atoms with Crippen LogP contribution in [0.2, 0.25) is 0 Å². The number of alkyl halides is 2. The van der Waals surface area contributed by atoms with Crippen LogP contribution < -0.4 is 5.32 Å². The molecule has 1 saturated carbocycles. The van der Waals surface area contributed by atoms with Crippen molar-refractivity contribution in [1.82, 2.24) is 5.32 Å². The summed E-state index contributed by atoms with van der Waals surface area (Å²) in [6, 6.07) is 0.431. The van der Waals surface area contributed by atoms with Gasteiger partial charge in [0.25, 0.3) is 6.43 Å². The van der Waals surface area contributed by atoms with Gasteiger partial charge in [-0.3, -0.25) is 0 Å². The maximum absolute atomic E-state index is 11.9. The summed E-state index contributed by atoms with van der Waals surface area (Å²) < 4.78 is 28.7. The highest BCUT2D eigenvalue weighted by Crippen LogP contribution is 2.29. The number of hydrogen-bond acceptors (Lipinski definition) is 2. The molecule has 1 aliphatic rings. The predicted octanol–water partition coefficient (Wildman–Crippen LogP) is 3.22. The van der Waals surface area contributed by atoms with Gasteiger partial charge in [0.05, 0.1) is 0 Å². The van der Waals surface area contributed by atoms with E-state index in [2.05, 4.69) is 12.2 Å². The lowest BCUT2D eigenvalue weighted by Crippen LogP contribution is -2.32. The Kier molecular flexibility index (Phi) is 7.69. The highest BCUT2D eigenvalue weighted by Gasteiger charge is 2.19. The molecule has 0 aromatic rings. The third-order valence-electron chi connectivity index (χ3n) is 3.44. The van der Waals surface area contributed by atoms with Crippen LogP contribution in [0.25, 0.3) is 0 Å². The van der Waals surface area contributed by atoms with Gasteiger partial charge >= 0.3 is 0 Å². The predicted molar refractivity (Wildman–Crippen MR) is 65.5 cm³/mol. The topological polar surface area (TPSA) is 21.3 Å². The lowest BCUT2D eigenvalue weighted by Gasteiger charge is -2.21. The molecule has 1 aliphatic carbocycles. The van der Waals surface area contributed by atoms with E-state index >= 15 is 0 Å². The quantitative estimate of drug-likeness (QED) is 0.633. The van der Waals surface area contributed by atoms with Gasteiger partial charge in [-0.2, -0.15) is 0 Å². The normalized spacial score (nSPS) is 19.1. The van der Waals surface area contributed by atoms with Crippen LogP contribution in [0.1, 0.15) is 45.4 Å². The van der Waals surface area contributed by atoms with E-state index in [0.29, 0.717) is 12.6 Å². The van der Waals surface area contributed by atoms with Crippen molar-refractivity contribution in [3.63, 3.8) is 0 Å². The summed E-state index contributed by atoms with van der Waals surface area (Å²) in [7, 11) is 0. The van der Waals surface area contributed by atoms with Crippen molar-refractivity contribution in [2.75, 3.05) is 19.8 Å². The molecule has 1 unspecified atom stereocenters. The van der Waals surface area contributed by atoms with Crippen LogP contribution in [0.3, 0.4) is 0 Å². The van der Waals surface area contributed by atoms with Crippen molar-refractivity contribution >= 4 is 0 Å². The van der Waals surface area contributed by atoms with E-state index in [1.807, 2.05) is 0 Å². The maximum Gasteiger partial charge on any atom is 0.261 e. The van der Waals surface area contributed by atoms with Gasteiger partial charge in [-0.1, -0.05) is 32.6 Å². The summed E-state index contributed by atoms with van der Waals surface area (Å²) in [6.45, 7) is 3.03. The van der Waals surface area contributed by atoms with E-state index in [1.54, 1.807) is 0 Å². The van der Waals surface area contributed by atoms with Crippen LogP contribution in [-0.4, -0.2) is 32.2 Å². The van der Waals surface area contributed by atoms with Gasteiger partial charge < -0.3 is 10.1 Å². The van der Waals surface area contributed by atoms with Crippen LogP contribution in [0, 0.1) is 5.92 Å². The fraction of sp³-hybridized carbons (Fsp3) is 1.00. The monoisotopic (exact) mass is 249 g/mol. The molecule has 1 fully saturated rings. The van der Waals surface area contributed by atoms with E-state index < -0.39 is 13.0 Å². The number of hydrogen-bond donors (Lipinski definition) is 1. The molecule has 0 aromatic carbocycles. The Morgan fingerprint density at radius 1 is 1.29 bits per heavy atom. The molecule has 2 nitrogen and oxygen atoms in total. The van der Waals surface area contributed by atoms with Crippen LogP contribution in [-0.2, 0) is 4.74 Å². The fourth-order valence-electron chi connectivity index (χ4n) is 2.64. The van der Waals surface area contributed by atoms with Crippen molar-refractivity contribution in [2.24, 2.45) is 5.92 Å². The summed E-state index contributed by atoms with van der Waals surface area (Å²) in [6.07, 6.45) is 5.04. The second-order valence-corrected chi connectivity index (χ2v) is 4.90. The van der Waals surface area contributed by atoms with Gasteiger partial charge in [-0.05, 0) is 25.3 Å². The molecule has 0 aliphatic heterocycles. The number of rotatable bonds is 9. The number of halogens is 2. The Balaban J connectivity index is 2.13. The summed E-state index contributed by atoms with van der Waals surface area (Å²) in [5.74, 6) is 0.828. The van der Waals surface area contributed by atoms with Gasteiger partial charge in [-0.25, -0.2) is 8.78 Å². The highest BCUT2D eigenvalue weighted by atomic mass is 19.3. The molecule has 0 saturated heterocycles. The van der Waals surface area contributed by atoms with E-state index in [9.17, 15) is 8.78 Å². The van der Waals surface area contributed by atoms with Crippen molar-refractivity contribution in [3.8, 4) is 0 Å². The lowest BCUT2D eigenvalue weighted by atomic mass is 9.96. The van der Waals surface area contributed by atoms with Gasteiger partial charge in [0.15, 0.2) is 0 Å². The first-order valence-corrected chi connectivity index (χ1v) is 6.81. The zero-order valence-corrected chi connectivity index (χ0v) is 10.8. The molecular formula is C13H25F2NO. The first kappa shape index (κ1) is 14.8. The van der Waals surface area contributed by atoms with E-state index in [0.717, 1.165) is 18.9 Å². The van der Waals surface area contributed by atoms with E-state index in [4.69, 9.17) is 4.74 Å². The van der Waals surface area contributed by atoms with E-state index in [-0.39, 0.29) is 0 Å². The average molecular weight is 249 g/mol. The van der Waals surface area contributed by atoms with Gasteiger partial charge in [0.2, 0.25) is 0 Å². The molecule has 1 rings (SSSR count). The minimum Gasteiger partial charge on any atom is -0.375 e. The Labute approximate surface area is 103 Å². The second kappa shape index (κ2) is 8.81. The Bertz CT molecular complexity index is 184. The van der Waals surface area contributed by atoms with Crippen molar-refractivity contribution < 1.29 is 13.5 Å². The van der Waals surface area contributed by atoms with E-state index in [1.165, 1.54) is 32.1 Å². The van der Waals surface area contributed by atoms with Crippen LogP contribution >= 0.6 is 0 Å². The zero-order chi connectivity index (χ0) is 12.5. The smallest absolute Gasteiger partial charge is 0.261 e. The first-order chi connectivity index (χ1) is 8.22. The Morgan fingerprint density at radius 2 is 2.00 bits per heavy atom. The van der Waals surface area contributed by atoms with Crippen LogP contribution in [0.4, 0.5) is 8.78 Å². The maximum atomic E-state index is 11.9. The highest BCUT2D eigenvalue weighted by molar-refractivity contribution is 4.75.